The van der Waals surface area contributed by atoms with Crippen LogP contribution in [0.1, 0.15) is 24.4 Å². The molecule has 0 bridgehead atoms. The molecule has 0 saturated carbocycles. The Morgan fingerprint density at radius 3 is 2.39 bits per heavy atom. The molecule has 0 unspecified atom stereocenters. The first-order valence-electron chi connectivity index (χ1n) is 5.57. The summed E-state index contributed by atoms with van der Waals surface area (Å²) >= 11 is 18.2. The predicted octanol–water partition coefficient (Wildman–Crippen LogP) is 4.50. The fourth-order valence-electron chi connectivity index (χ4n) is 2.15. The maximum atomic E-state index is 6.25. The summed E-state index contributed by atoms with van der Waals surface area (Å²) in [5.41, 5.74) is 7.08. The average molecular weight is 331 g/mol. The molecular formula is C12H15Cl4NO. The summed E-state index contributed by atoms with van der Waals surface area (Å²) < 4.78 is 5.32. The number of benzene rings is 1. The number of ether oxygens (including phenoxy) is 1. The molecule has 2 nitrogen and oxygen atoms in total. The van der Waals surface area contributed by atoms with E-state index in [-0.39, 0.29) is 18.4 Å². The lowest BCUT2D eigenvalue weighted by Gasteiger charge is -2.28. The van der Waals surface area contributed by atoms with Crippen molar-refractivity contribution in [2.45, 2.75) is 18.9 Å². The second-order valence-corrected chi connectivity index (χ2v) is 5.49. The molecule has 18 heavy (non-hydrogen) atoms. The van der Waals surface area contributed by atoms with E-state index in [0.717, 1.165) is 31.6 Å². The van der Waals surface area contributed by atoms with Crippen LogP contribution in [0.25, 0.3) is 0 Å². The monoisotopic (exact) mass is 329 g/mol. The Hall–Kier alpha value is 0.300. The Bertz CT molecular complexity index is 407. The first kappa shape index (κ1) is 16.4. The lowest BCUT2D eigenvalue weighted by molar-refractivity contribution is 0.0584. The second kappa shape index (κ2) is 7.18. The van der Waals surface area contributed by atoms with Gasteiger partial charge in [0.1, 0.15) is 0 Å². The number of nitrogens with two attached hydrogens (primary N) is 1. The van der Waals surface area contributed by atoms with Gasteiger partial charge in [-0.1, -0.05) is 34.8 Å². The van der Waals surface area contributed by atoms with Gasteiger partial charge in [-0.05, 0) is 36.5 Å². The average Bonchev–Trinajstić information content (AvgIpc) is 2.34. The van der Waals surface area contributed by atoms with Crippen LogP contribution in [0.2, 0.25) is 15.1 Å². The van der Waals surface area contributed by atoms with E-state index in [0.29, 0.717) is 21.0 Å². The molecule has 0 aromatic heterocycles. The minimum absolute atomic E-state index is 0. The Balaban J connectivity index is 0.00000162. The molecule has 0 spiro atoms. The highest BCUT2D eigenvalue weighted by Crippen LogP contribution is 2.37. The molecule has 2 rings (SSSR count). The van der Waals surface area contributed by atoms with Gasteiger partial charge < -0.3 is 10.5 Å². The smallest absolute Gasteiger partial charge is 0.0641 e. The molecule has 1 aliphatic heterocycles. The van der Waals surface area contributed by atoms with Crippen LogP contribution in [0.3, 0.4) is 0 Å². The summed E-state index contributed by atoms with van der Waals surface area (Å²) in [6, 6.07) is 3.30. The largest absolute Gasteiger partial charge is 0.381 e. The van der Waals surface area contributed by atoms with Crippen molar-refractivity contribution in [2.24, 2.45) is 11.7 Å². The van der Waals surface area contributed by atoms with Crippen molar-refractivity contribution in [1.29, 1.82) is 0 Å². The maximum Gasteiger partial charge on any atom is 0.0641 e. The van der Waals surface area contributed by atoms with Gasteiger partial charge in [0.05, 0.1) is 10.0 Å². The third kappa shape index (κ3) is 3.66. The third-order valence-corrected chi connectivity index (χ3v) is 4.19. The molecule has 0 aliphatic carbocycles. The van der Waals surface area contributed by atoms with E-state index in [2.05, 4.69) is 0 Å². The van der Waals surface area contributed by atoms with Gasteiger partial charge in [0, 0.05) is 24.3 Å². The highest BCUT2D eigenvalue weighted by Gasteiger charge is 2.25. The normalized spacial score (nSPS) is 18.2. The number of hydrogen-bond acceptors (Lipinski definition) is 2. The second-order valence-electron chi connectivity index (χ2n) is 4.27. The van der Waals surface area contributed by atoms with Crippen molar-refractivity contribution in [1.82, 2.24) is 0 Å². The number of halogens is 4. The standard InChI is InChI=1S/C12H14Cl3NO.ClH/c13-8-5-9(11(15)10(14)6-8)12(16)7-1-3-17-4-2-7;/h5-7,12H,1-4,16H2;1H/t12-;/m1./s1. The highest BCUT2D eigenvalue weighted by molar-refractivity contribution is 6.43. The van der Waals surface area contributed by atoms with Gasteiger partial charge in [-0.2, -0.15) is 0 Å². The molecule has 1 aromatic carbocycles. The van der Waals surface area contributed by atoms with Gasteiger partial charge in [-0.3, -0.25) is 0 Å². The van der Waals surface area contributed by atoms with E-state index in [1.54, 1.807) is 12.1 Å². The van der Waals surface area contributed by atoms with E-state index in [1.807, 2.05) is 0 Å². The minimum Gasteiger partial charge on any atom is -0.381 e. The van der Waals surface area contributed by atoms with E-state index in [9.17, 15) is 0 Å². The summed E-state index contributed by atoms with van der Waals surface area (Å²) in [7, 11) is 0. The van der Waals surface area contributed by atoms with E-state index < -0.39 is 0 Å². The zero-order chi connectivity index (χ0) is 12.4. The van der Waals surface area contributed by atoms with Gasteiger partial charge in [-0.25, -0.2) is 0 Å². The van der Waals surface area contributed by atoms with Crippen LogP contribution in [0.4, 0.5) is 0 Å². The molecule has 1 atom stereocenters. The lowest BCUT2D eigenvalue weighted by Crippen LogP contribution is -2.27. The summed E-state index contributed by atoms with van der Waals surface area (Å²) in [5.74, 6) is 0.371. The Labute approximate surface area is 128 Å². The fourth-order valence-corrected chi connectivity index (χ4v) is 2.89. The Morgan fingerprint density at radius 1 is 1.17 bits per heavy atom. The van der Waals surface area contributed by atoms with Gasteiger partial charge in [-0.15, -0.1) is 12.4 Å². The summed E-state index contributed by atoms with van der Waals surface area (Å²) in [5, 5.41) is 1.53. The molecule has 1 heterocycles. The summed E-state index contributed by atoms with van der Waals surface area (Å²) in [6.07, 6.45) is 1.89. The van der Waals surface area contributed by atoms with Gasteiger partial charge in [0.25, 0.3) is 0 Å². The zero-order valence-electron chi connectivity index (χ0n) is 9.67. The van der Waals surface area contributed by atoms with Crippen LogP contribution < -0.4 is 5.73 Å². The molecule has 1 aromatic rings. The van der Waals surface area contributed by atoms with Crippen LogP contribution >= 0.6 is 47.2 Å². The molecule has 0 amide bonds. The van der Waals surface area contributed by atoms with Crippen molar-refractivity contribution >= 4 is 47.2 Å². The molecular weight excluding hydrogens is 316 g/mol. The van der Waals surface area contributed by atoms with E-state index in [4.69, 9.17) is 45.3 Å². The number of rotatable bonds is 2. The van der Waals surface area contributed by atoms with Crippen molar-refractivity contribution in [2.75, 3.05) is 13.2 Å². The molecule has 0 radical (unpaired) electrons. The summed E-state index contributed by atoms with van der Waals surface area (Å²) in [4.78, 5) is 0. The highest BCUT2D eigenvalue weighted by atomic mass is 35.5. The van der Waals surface area contributed by atoms with Crippen molar-refractivity contribution in [3.05, 3.63) is 32.8 Å². The van der Waals surface area contributed by atoms with Gasteiger partial charge in [0.15, 0.2) is 0 Å². The van der Waals surface area contributed by atoms with Crippen LogP contribution in [-0.4, -0.2) is 13.2 Å². The topological polar surface area (TPSA) is 35.2 Å². The lowest BCUT2D eigenvalue weighted by atomic mass is 9.88. The molecule has 6 heteroatoms. The van der Waals surface area contributed by atoms with E-state index in [1.165, 1.54) is 0 Å². The van der Waals surface area contributed by atoms with E-state index >= 15 is 0 Å². The SMILES string of the molecule is Cl.N[C@@H](c1cc(Cl)cc(Cl)c1Cl)C1CCOCC1. The molecule has 102 valence electrons. The van der Waals surface area contributed by atoms with Crippen LogP contribution in [-0.2, 0) is 4.74 Å². The maximum absolute atomic E-state index is 6.25. The van der Waals surface area contributed by atoms with Crippen LogP contribution in [0, 0.1) is 5.92 Å². The van der Waals surface area contributed by atoms with Gasteiger partial charge >= 0.3 is 0 Å². The first-order chi connectivity index (χ1) is 8.09. The quantitative estimate of drug-likeness (QED) is 0.810. The minimum atomic E-state index is -0.136. The van der Waals surface area contributed by atoms with Crippen LogP contribution in [0.15, 0.2) is 12.1 Å². The fraction of sp³-hybridized carbons (Fsp3) is 0.500. The predicted molar refractivity (Wildman–Crippen MR) is 79.2 cm³/mol. The first-order valence-corrected chi connectivity index (χ1v) is 6.70. The Morgan fingerprint density at radius 2 is 1.78 bits per heavy atom. The van der Waals surface area contributed by atoms with Gasteiger partial charge in [0.2, 0.25) is 0 Å². The Kier molecular flexibility index (Phi) is 6.52. The number of hydrogen-bond donors (Lipinski definition) is 1. The van der Waals surface area contributed by atoms with Crippen molar-refractivity contribution in [3.63, 3.8) is 0 Å². The molecule has 1 fully saturated rings. The van der Waals surface area contributed by atoms with Crippen LogP contribution in [0.5, 0.6) is 0 Å². The van der Waals surface area contributed by atoms with Crippen molar-refractivity contribution < 1.29 is 4.74 Å². The molecule has 2 N–H and O–H groups in total. The third-order valence-electron chi connectivity index (χ3n) is 3.15. The summed E-state index contributed by atoms with van der Waals surface area (Å²) in [6.45, 7) is 1.51. The van der Waals surface area contributed by atoms with Crippen molar-refractivity contribution in [3.8, 4) is 0 Å². The molecule has 1 aliphatic rings. The molecule has 1 saturated heterocycles. The zero-order valence-corrected chi connectivity index (χ0v) is 12.7.